The van der Waals surface area contributed by atoms with Crippen molar-refractivity contribution < 1.29 is 24.7 Å². The van der Waals surface area contributed by atoms with Crippen LogP contribution in [0.5, 0.6) is 0 Å². The minimum atomic E-state index is -2.01. The topological polar surface area (TPSA) is 167 Å². The zero-order valence-corrected chi connectivity index (χ0v) is 23.2. The first kappa shape index (κ1) is 29.0. The van der Waals surface area contributed by atoms with Crippen LogP contribution < -0.4 is 15.1 Å². The smallest absolute Gasteiger partial charge is 0.269 e. The van der Waals surface area contributed by atoms with E-state index in [2.05, 4.69) is 15.6 Å². The number of hydrogen-bond acceptors (Lipinski definition) is 9. The lowest BCUT2D eigenvalue weighted by Gasteiger charge is -2.28. The molecule has 0 spiro atoms. The zero-order valence-electron chi connectivity index (χ0n) is 23.2. The quantitative estimate of drug-likeness (QED) is 0.175. The third kappa shape index (κ3) is 5.66. The minimum absolute atomic E-state index is 0.0117. The van der Waals surface area contributed by atoms with Gasteiger partial charge in [0.05, 0.1) is 29.4 Å². The lowest BCUT2D eigenvalue weighted by atomic mass is 9.82. The standard InChI is InChI=1S/C29H33N7O6/c1-20(4-2-3-13-33-19-22(11-15-37)31-32-33)29(40)25-16-24(36(41)42)9-10-26(25)35(28(29)39)18-21-5-7-23(8-6-21)34-14-12-30-17-27(34)38/h2,4-10,16,19-20,30,37,40H,3,11-15,17-18H2,1H3/b4-2+/t20-,29+/m1/s1. The molecule has 2 aliphatic heterocycles. The van der Waals surface area contributed by atoms with Crippen molar-refractivity contribution in [3.8, 4) is 0 Å². The van der Waals surface area contributed by atoms with E-state index in [1.807, 2.05) is 30.3 Å². The van der Waals surface area contributed by atoms with Crippen molar-refractivity contribution in [1.82, 2.24) is 20.3 Å². The SMILES string of the molecule is C[C@H](/C=C/CCn1cc(CCO)nn1)[C@@]1(O)C(=O)N(Cc2ccc(N3CCNCC3=O)cc2)c2ccc([N+](=O)[O-])cc21. The fourth-order valence-corrected chi connectivity index (χ4v) is 5.37. The van der Waals surface area contributed by atoms with Gasteiger partial charge in [-0.25, -0.2) is 0 Å². The van der Waals surface area contributed by atoms with Crippen LogP contribution in [0.4, 0.5) is 17.1 Å². The first-order valence-electron chi connectivity index (χ1n) is 13.8. The Kier molecular flexibility index (Phi) is 8.43. The van der Waals surface area contributed by atoms with Gasteiger partial charge < -0.3 is 25.3 Å². The van der Waals surface area contributed by atoms with Gasteiger partial charge in [0.2, 0.25) is 5.91 Å². The average Bonchev–Trinajstić information content (AvgIpc) is 3.52. The second kappa shape index (κ2) is 12.2. The number of nitrogens with zero attached hydrogens (tertiary/aromatic N) is 6. The molecule has 3 heterocycles. The number of aliphatic hydroxyl groups is 2. The van der Waals surface area contributed by atoms with Crippen LogP contribution in [0.2, 0.25) is 0 Å². The normalized spacial score (nSPS) is 19.5. The Labute approximate surface area is 242 Å². The van der Waals surface area contributed by atoms with Crippen LogP contribution in [0.25, 0.3) is 0 Å². The first-order valence-corrected chi connectivity index (χ1v) is 13.8. The van der Waals surface area contributed by atoms with E-state index >= 15 is 0 Å². The van der Waals surface area contributed by atoms with Crippen molar-refractivity contribution in [2.24, 2.45) is 5.92 Å². The number of amides is 2. The molecule has 42 heavy (non-hydrogen) atoms. The number of nitro groups is 1. The Morgan fingerprint density at radius 2 is 2.00 bits per heavy atom. The molecule has 2 aliphatic rings. The number of allylic oxidation sites excluding steroid dienone is 1. The molecule has 1 fully saturated rings. The van der Waals surface area contributed by atoms with Crippen LogP contribution in [-0.4, -0.2) is 68.2 Å². The summed E-state index contributed by atoms with van der Waals surface area (Å²) in [5, 5.41) is 43.6. The molecule has 3 aromatic rings. The molecular weight excluding hydrogens is 542 g/mol. The summed E-state index contributed by atoms with van der Waals surface area (Å²) in [6, 6.07) is 11.4. The van der Waals surface area contributed by atoms with E-state index < -0.39 is 22.3 Å². The van der Waals surface area contributed by atoms with E-state index in [9.17, 15) is 24.8 Å². The third-order valence-corrected chi connectivity index (χ3v) is 7.70. The first-order chi connectivity index (χ1) is 20.2. The van der Waals surface area contributed by atoms with Gasteiger partial charge >= 0.3 is 0 Å². The molecule has 220 valence electrons. The van der Waals surface area contributed by atoms with E-state index in [4.69, 9.17) is 5.11 Å². The highest BCUT2D eigenvalue weighted by Gasteiger charge is 2.53. The predicted molar refractivity (Wildman–Crippen MR) is 154 cm³/mol. The monoisotopic (exact) mass is 575 g/mol. The van der Waals surface area contributed by atoms with Gasteiger partial charge in [0.1, 0.15) is 0 Å². The number of carbonyl (C=O) groups excluding carboxylic acids is 2. The van der Waals surface area contributed by atoms with Crippen LogP contribution in [-0.2, 0) is 34.7 Å². The number of nitro benzene ring substituents is 1. The summed E-state index contributed by atoms with van der Waals surface area (Å²) in [5.74, 6) is -1.28. The highest BCUT2D eigenvalue weighted by Crippen LogP contribution is 2.47. The van der Waals surface area contributed by atoms with Gasteiger partial charge in [0.15, 0.2) is 5.60 Å². The van der Waals surface area contributed by atoms with Crippen molar-refractivity contribution >= 4 is 28.9 Å². The summed E-state index contributed by atoms with van der Waals surface area (Å²) in [7, 11) is 0. The molecule has 1 aromatic heterocycles. The molecule has 0 radical (unpaired) electrons. The van der Waals surface area contributed by atoms with Crippen LogP contribution in [0.15, 0.2) is 60.8 Å². The largest absolute Gasteiger partial charge is 0.396 e. The summed E-state index contributed by atoms with van der Waals surface area (Å²) < 4.78 is 1.65. The fraction of sp³-hybridized carbons (Fsp3) is 0.379. The minimum Gasteiger partial charge on any atom is -0.396 e. The molecular formula is C29H33N7O6. The fourth-order valence-electron chi connectivity index (χ4n) is 5.37. The maximum Gasteiger partial charge on any atom is 0.269 e. The number of non-ortho nitro benzene ring substituents is 1. The summed E-state index contributed by atoms with van der Waals surface area (Å²) in [6.07, 6.45) is 6.28. The Hall–Kier alpha value is -4.46. The summed E-state index contributed by atoms with van der Waals surface area (Å²) in [4.78, 5) is 40.3. The molecule has 0 aliphatic carbocycles. The zero-order chi connectivity index (χ0) is 29.9. The van der Waals surface area contributed by atoms with E-state index in [0.717, 1.165) is 11.3 Å². The lowest BCUT2D eigenvalue weighted by Crippen LogP contribution is -2.48. The number of nitrogens with one attached hydrogen (secondary N) is 1. The van der Waals surface area contributed by atoms with Gasteiger partial charge in [0.25, 0.3) is 11.6 Å². The van der Waals surface area contributed by atoms with Crippen molar-refractivity contribution in [3.05, 3.63) is 87.7 Å². The molecule has 2 atom stereocenters. The van der Waals surface area contributed by atoms with E-state index in [0.29, 0.717) is 43.9 Å². The Morgan fingerprint density at radius 3 is 2.71 bits per heavy atom. The van der Waals surface area contributed by atoms with Gasteiger partial charge in [0, 0.05) is 68.2 Å². The highest BCUT2D eigenvalue weighted by atomic mass is 16.6. The van der Waals surface area contributed by atoms with Gasteiger partial charge in [-0.15, -0.1) is 5.10 Å². The van der Waals surface area contributed by atoms with Crippen LogP contribution in [0.1, 0.15) is 30.2 Å². The summed E-state index contributed by atoms with van der Waals surface area (Å²) in [5.41, 5.74) is 0.603. The molecule has 5 rings (SSSR count). The molecule has 13 heteroatoms. The second-order valence-electron chi connectivity index (χ2n) is 10.5. The Morgan fingerprint density at radius 1 is 1.21 bits per heavy atom. The van der Waals surface area contributed by atoms with Crippen LogP contribution in [0, 0.1) is 16.0 Å². The highest BCUT2D eigenvalue weighted by molar-refractivity contribution is 6.07. The van der Waals surface area contributed by atoms with E-state index in [-0.39, 0.29) is 36.9 Å². The number of hydrogen-bond donors (Lipinski definition) is 3. The number of benzene rings is 2. The molecule has 2 amide bonds. The van der Waals surface area contributed by atoms with Crippen molar-refractivity contribution in [3.63, 3.8) is 0 Å². The van der Waals surface area contributed by atoms with Gasteiger partial charge in [-0.1, -0.05) is 36.4 Å². The molecule has 0 saturated carbocycles. The maximum absolute atomic E-state index is 13.9. The molecule has 2 aromatic carbocycles. The third-order valence-electron chi connectivity index (χ3n) is 7.70. The second-order valence-corrected chi connectivity index (χ2v) is 10.5. The molecule has 0 bridgehead atoms. The molecule has 3 N–H and O–H groups in total. The van der Waals surface area contributed by atoms with E-state index in [1.54, 1.807) is 28.8 Å². The molecule has 1 saturated heterocycles. The number of aromatic nitrogens is 3. The lowest BCUT2D eigenvalue weighted by molar-refractivity contribution is -0.385. The number of carbonyl (C=O) groups is 2. The number of piperazine rings is 1. The Balaban J connectivity index is 1.35. The average molecular weight is 576 g/mol. The molecule has 13 nitrogen and oxygen atoms in total. The van der Waals surface area contributed by atoms with Crippen LogP contribution in [0.3, 0.4) is 0 Å². The van der Waals surface area contributed by atoms with Crippen molar-refractivity contribution in [2.45, 2.75) is 38.5 Å². The van der Waals surface area contributed by atoms with Gasteiger partial charge in [-0.05, 0) is 30.2 Å². The van der Waals surface area contributed by atoms with E-state index in [1.165, 1.54) is 23.1 Å². The number of aliphatic hydroxyl groups excluding tert-OH is 1. The number of anilines is 2. The number of aryl methyl sites for hydroxylation is 1. The number of rotatable bonds is 11. The number of fused-ring (bicyclic) bond motifs is 1. The van der Waals surface area contributed by atoms with Crippen molar-refractivity contribution in [2.75, 3.05) is 36.0 Å². The molecule has 0 unspecified atom stereocenters. The van der Waals surface area contributed by atoms with Crippen molar-refractivity contribution in [1.29, 1.82) is 0 Å². The summed E-state index contributed by atoms with van der Waals surface area (Å²) in [6.45, 7) is 3.90. The van der Waals surface area contributed by atoms with Gasteiger partial charge in [-0.3, -0.25) is 24.4 Å². The predicted octanol–water partition coefficient (Wildman–Crippen LogP) is 1.67. The Bertz CT molecular complexity index is 1500. The van der Waals surface area contributed by atoms with Crippen LogP contribution >= 0.6 is 0 Å². The maximum atomic E-state index is 13.9. The van der Waals surface area contributed by atoms with Gasteiger partial charge in [-0.2, -0.15) is 0 Å². The summed E-state index contributed by atoms with van der Waals surface area (Å²) >= 11 is 0.